The van der Waals surface area contributed by atoms with Crippen LogP contribution in [0.25, 0.3) is 0 Å². The van der Waals surface area contributed by atoms with Crippen LogP contribution in [-0.4, -0.2) is 37.2 Å². The average molecular weight is 1030 g/mol. The minimum absolute atomic E-state index is 0.0629. The van der Waals surface area contributed by atoms with Crippen molar-refractivity contribution >= 4 is 17.9 Å². The van der Waals surface area contributed by atoms with Gasteiger partial charge in [0.25, 0.3) is 0 Å². The van der Waals surface area contributed by atoms with Crippen molar-refractivity contribution < 1.29 is 28.6 Å². The maximum Gasteiger partial charge on any atom is 0.306 e. The second-order valence-corrected chi connectivity index (χ2v) is 24.3. The van der Waals surface area contributed by atoms with Crippen molar-refractivity contribution in [2.75, 3.05) is 13.2 Å². The third-order valence-electron chi connectivity index (χ3n) is 15.8. The molecule has 0 aromatic carbocycles. The van der Waals surface area contributed by atoms with E-state index in [0.29, 0.717) is 19.3 Å². The second-order valence-electron chi connectivity index (χ2n) is 24.3. The zero-order chi connectivity index (χ0) is 53.3. The SMILES string of the molecule is CCC(C)CCCCCCCCCCCCCCCCCCCCC(=O)OC[C@@H](COC(=O)CCCCCCCCCCCCCCCCCCCCC(C)C)OC(=O)CCCCCCCCCCCC(C)C. The second kappa shape index (κ2) is 58.1. The summed E-state index contributed by atoms with van der Waals surface area (Å²) in [4.78, 5) is 38.3. The van der Waals surface area contributed by atoms with Crippen molar-refractivity contribution in [2.24, 2.45) is 17.8 Å². The highest BCUT2D eigenvalue weighted by Gasteiger charge is 2.20. The van der Waals surface area contributed by atoms with E-state index in [1.807, 2.05) is 0 Å². The lowest BCUT2D eigenvalue weighted by molar-refractivity contribution is -0.167. The topological polar surface area (TPSA) is 78.9 Å². The van der Waals surface area contributed by atoms with Crippen molar-refractivity contribution in [1.82, 2.24) is 0 Å². The van der Waals surface area contributed by atoms with E-state index in [1.165, 1.54) is 257 Å². The van der Waals surface area contributed by atoms with Gasteiger partial charge in [-0.1, -0.05) is 337 Å². The Labute approximate surface area is 457 Å². The van der Waals surface area contributed by atoms with Crippen LogP contribution >= 0.6 is 0 Å². The molecule has 0 fully saturated rings. The molecule has 1 unspecified atom stereocenters. The Kier molecular flexibility index (Phi) is 56.8. The van der Waals surface area contributed by atoms with Gasteiger partial charge in [0.05, 0.1) is 0 Å². The first-order valence-corrected chi connectivity index (χ1v) is 33.1. The molecule has 0 amide bonds. The number of unbranched alkanes of at least 4 members (excludes halogenated alkanes) is 42. The lowest BCUT2D eigenvalue weighted by Gasteiger charge is -2.18. The molecule has 0 aliphatic heterocycles. The van der Waals surface area contributed by atoms with Gasteiger partial charge in [-0.25, -0.2) is 0 Å². The lowest BCUT2D eigenvalue weighted by Crippen LogP contribution is -2.30. The average Bonchev–Trinajstić information content (AvgIpc) is 3.37. The summed E-state index contributed by atoms with van der Waals surface area (Å²) in [5.74, 6) is 1.74. The third kappa shape index (κ3) is 59.5. The Morgan fingerprint density at radius 2 is 0.479 bits per heavy atom. The van der Waals surface area contributed by atoms with Gasteiger partial charge < -0.3 is 14.2 Å². The van der Waals surface area contributed by atoms with Gasteiger partial charge >= 0.3 is 17.9 Å². The standard InChI is InChI=1S/C67H130O6/c1-7-63(6)55-49-43-37-31-25-21-17-13-9-11-15-19-23-27-33-39-45-51-57-66(69)72-60-64(73-67(70)58-52-46-40-34-28-30-36-42-48-54-62(4)5)59-71-65(68)56-50-44-38-32-26-22-18-14-10-8-12-16-20-24-29-35-41-47-53-61(2)3/h61-64H,7-60H2,1-6H3/t63?,64-/m1/s1. The molecular weight excluding hydrogens is 901 g/mol. The predicted octanol–water partition coefficient (Wildman–Crippen LogP) is 22.2. The molecule has 0 saturated heterocycles. The maximum absolute atomic E-state index is 12.9. The van der Waals surface area contributed by atoms with E-state index in [1.54, 1.807) is 0 Å². The van der Waals surface area contributed by atoms with Crippen LogP contribution in [0.5, 0.6) is 0 Å². The van der Waals surface area contributed by atoms with Crippen LogP contribution in [0.2, 0.25) is 0 Å². The van der Waals surface area contributed by atoms with Crippen LogP contribution in [0, 0.1) is 17.8 Å². The summed E-state index contributed by atoms with van der Waals surface area (Å²) in [7, 11) is 0. The molecule has 0 N–H and O–H groups in total. The van der Waals surface area contributed by atoms with Crippen LogP contribution in [0.3, 0.4) is 0 Å². The van der Waals surface area contributed by atoms with Gasteiger partial charge in [-0.15, -0.1) is 0 Å². The highest BCUT2D eigenvalue weighted by Crippen LogP contribution is 2.20. The molecule has 73 heavy (non-hydrogen) atoms. The van der Waals surface area contributed by atoms with E-state index in [2.05, 4.69) is 41.5 Å². The van der Waals surface area contributed by atoms with E-state index in [4.69, 9.17) is 14.2 Å². The summed E-state index contributed by atoms with van der Waals surface area (Å²) in [6.45, 7) is 13.8. The quantitative estimate of drug-likeness (QED) is 0.0343. The molecule has 6 heteroatoms. The van der Waals surface area contributed by atoms with E-state index in [0.717, 1.165) is 75.5 Å². The van der Waals surface area contributed by atoms with Crippen LogP contribution < -0.4 is 0 Å². The molecule has 0 saturated carbocycles. The molecule has 0 bridgehead atoms. The van der Waals surface area contributed by atoms with Crippen molar-refractivity contribution in [3.8, 4) is 0 Å². The fraction of sp³-hybridized carbons (Fsp3) is 0.955. The number of esters is 3. The van der Waals surface area contributed by atoms with E-state index in [9.17, 15) is 14.4 Å². The lowest BCUT2D eigenvalue weighted by atomic mass is 9.99. The normalized spacial score (nSPS) is 12.5. The van der Waals surface area contributed by atoms with Crippen LogP contribution in [0.1, 0.15) is 375 Å². The zero-order valence-electron chi connectivity index (χ0n) is 50.4. The van der Waals surface area contributed by atoms with E-state index >= 15 is 0 Å². The van der Waals surface area contributed by atoms with Gasteiger partial charge in [-0.2, -0.15) is 0 Å². The summed E-state index contributed by atoms with van der Waals surface area (Å²) in [5.41, 5.74) is 0. The van der Waals surface area contributed by atoms with Gasteiger partial charge in [0.2, 0.25) is 0 Å². The predicted molar refractivity (Wildman–Crippen MR) is 316 cm³/mol. The molecule has 0 aromatic heterocycles. The first-order valence-electron chi connectivity index (χ1n) is 33.1. The molecule has 6 nitrogen and oxygen atoms in total. The first-order chi connectivity index (χ1) is 35.6. The summed E-state index contributed by atoms with van der Waals surface area (Å²) < 4.78 is 17.0. The Balaban J connectivity index is 4.20. The van der Waals surface area contributed by atoms with Crippen molar-refractivity contribution in [1.29, 1.82) is 0 Å². The van der Waals surface area contributed by atoms with Crippen molar-refractivity contribution in [3.63, 3.8) is 0 Å². The molecule has 0 heterocycles. The van der Waals surface area contributed by atoms with Crippen molar-refractivity contribution in [2.45, 2.75) is 382 Å². The Bertz CT molecular complexity index is 1130. The number of hydrogen-bond donors (Lipinski definition) is 0. The van der Waals surface area contributed by atoms with Crippen LogP contribution in [0.15, 0.2) is 0 Å². The molecule has 0 aliphatic rings. The molecule has 0 aromatic rings. The molecule has 2 atom stereocenters. The number of ether oxygens (including phenoxy) is 3. The Morgan fingerprint density at radius 3 is 0.712 bits per heavy atom. The van der Waals surface area contributed by atoms with Gasteiger partial charge in [-0.05, 0) is 37.0 Å². The largest absolute Gasteiger partial charge is 0.462 e. The maximum atomic E-state index is 12.9. The number of carbonyl (C=O) groups is 3. The van der Waals surface area contributed by atoms with Crippen LogP contribution in [-0.2, 0) is 28.6 Å². The van der Waals surface area contributed by atoms with Crippen LogP contribution in [0.4, 0.5) is 0 Å². The first kappa shape index (κ1) is 71.4. The van der Waals surface area contributed by atoms with E-state index in [-0.39, 0.29) is 31.1 Å². The molecule has 0 spiro atoms. The van der Waals surface area contributed by atoms with Gasteiger partial charge in [0.1, 0.15) is 13.2 Å². The Hall–Kier alpha value is -1.59. The van der Waals surface area contributed by atoms with E-state index < -0.39 is 6.10 Å². The molecule has 0 rings (SSSR count). The summed E-state index contributed by atoms with van der Waals surface area (Å²) in [6.07, 6.45) is 64.0. The minimum Gasteiger partial charge on any atom is -0.462 e. The van der Waals surface area contributed by atoms with Gasteiger partial charge in [-0.3, -0.25) is 14.4 Å². The summed E-state index contributed by atoms with van der Waals surface area (Å²) in [5, 5.41) is 0. The molecular formula is C67H130O6. The monoisotopic (exact) mass is 1030 g/mol. The number of carbonyl (C=O) groups excluding carboxylic acids is 3. The number of rotatable bonds is 60. The summed E-state index contributed by atoms with van der Waals surface area (Å²) in [6, 6.07) is 0. The smallest absolute Gasteiger partial charge is 0.306 e. The fourth-order valence-corrected chi connectivity index (χ4v) is 10.4. The minimum atomic E-state index is -0.765. The highest BCUT2D eigenvalue weighted by atomic mass is 16.6. The summed E-state index contributed by atoms with van der Waals surface area (Å²) >= 11 is 0. The third-order valence-corrected chi connectivity index (χ3v) is 15.8. The number of hydrogen-bond acceptors (Lipinski definition) is 6. The fourth-order valence-electron chi connectivity index (χ4n) is 10.4. The van der Waals surface area contributed by atoms with Gasteiger partial charge in [0, 0.05) is 19.3 Å². The van der Waals surface area contributed by atoms with Crippen molar-refractivity contribution in [3.05, 3.63) is 0 Å². The molecule has 434 valence electrons. The zero-order valence-corrected chi connectivity index (χ0v) is 50.4. The molecule has 0 aliphatic carbocycles. The highest BCUT2D eigenvalue weighted by molar-refractivity contribution is 5.71. The molecule has 0 radical (unpaired) electrons. The Morgan fingerprint density at radius 1 is 0.274 bits per heavy atom. The van der Waals surface area contributed by atoms with Gasteiger partial charge in [0.15, 0.2) is 6.10 Å².